The van der Waals surface area contributed by atoms with Gasteiger partial charge in [0.15, 0.2) is 12.7 Å². The molecule has 0 radical (unpaired) electrons. The van der Waals surface area contributed by atoms with Gasteiger partial charge in [0.1, 0.15) is 12.3 Å². The van der Waals surface area contributed by atoms with Gasteiger partial charge < -0.3 is 9.84 Å². The normalized spacial score (nSPS) is 16.9. The van der Waals surface area contributed by atoms with Crippen molar-refractivity contribution in [2.75, 3.05) is 18.1 Å². The van der Waals surface area contributed by atoms with E-state index in [-0.39, 0.29) is 12.5 Å². The molecule has 1 aliphatic rings. The van der Waals surface area contributed by atoms with E-state index in [0.29, 0.717) is 11.4 Å². The standard InChI is InChI=1S/C13H14N2O6/c1-8-13(19)15(6-11(16)14-20-7-12(17)18)9-4-2-3-5-10(9)21-8/h2-5,8H,6-7H2,1H3,(H,14,16)(H,17,18). The average molecular weight is 294 g/mol. The summed E-state index contributed by atoms with van der Waals surface area (Å²) in [4.78, 5) is 39.8. The van der Waals surface area contributed by atoms with E-state index in [0.717, 1.165) is 0 Å². The van der Waals surface area contributed by atoms with E-state index in [1.165, 1.54) is 4.90 Å². The van der Waals surface area contributed by atoms with Crippen molar-refractivity contribution < 1.29 is 29.1 Å². The highest BCUT2D eigenvalue weighted by Crippen LogP contribution is 2.33. The van der Waals surface area contributed by atoms with Gasteiger partial charge in [-0.25, -0.2) is 10.3 Å². The number of para-hydroxylation sites is 2. The Morgan fingerprint density at radius 3 is 2.86 bits per heavy atom. The number of carboxylic acids is 1. The first-order chi connectivity index (χ1) is 9.99. The van der Waals surface area contributed by atoms with E-state index in [4.69, 9.17) is 9.84 Å². The summed E-state index contributed by atoms with van der Waals surface area (Å²) in [6.07, 6.45) is -0.701. The molecule has 0 saturated carbocycles. The van der Waals surface area contributed by atoms with Gasteiger partial charge in [0, 0.05) is 0 Å². The third-order valence-electron chi connectivity index (χ3n) is 2.76. The first kappa shape index (κ1) is 14.8. The molecule has 0 aromatic heterocycles. The van der Waals surface area contributed by atoms with Crippen LogP contribution in [0.25, 0.3) is 0 Å². The summed E-state index contributed by atoms with van der Waals surface area (Å²) < 4.78 is 5.44. The number of rotatable bonds is 5. The lowest BCUT2D eigenvalue weighted by Crippen LogP contribution is -2.48. The van der Waals surface area contributed by atoms with Gasteiger partial charge in [-0.3, -0.25) is 19.3 Å². The Bertz CT molecular complexity index is 574. The average Bonchev–Trinajstić information content (AvgIpc) is 2.43. The Morgan fingerprint density at radius 2 is 2.14 bits per heavy atom. The number of carboxylic acid groups (broad SMARTS) is 1. The van der Waals surface area contributed by atoms with E-state index >= 15 is 0 Å². The molecule has 1 aliphatic heterocycles. The number of ether oxygens (including phenoxy) is 1. The van der Waals surface area contributed by atoms with Crippen LogP contribution in [-0.4, -0.2) is 42.1 Å². The van der Waals surface area contributed by atoms with Gasteiger partial charge in [-0.15, -0.1) is 0 Å². The molecule has 2 rings (SSSR count). The number of fused-ring (bicyclic) bond motifs is 1. The van der Waals surface area contributed by atoms with Crippen molar-refractivity contribution in [3.05, 3.63) is 24.3 Å². The minimum atomic E-state index is -1.21. The zero-order valence-electron chi connectivity index (χ0n) is 11.2. The van der Waals surface area contributed by atoms with Gasteiger partial charge in [-0.2, -0.15) is 0 Å². The molecule has 0 saturated heterocycles. The van der Waals surface area contributed by atoms with Crippen molar-refractivity contribution in [1.82, 2.24) is 5.48 Å². The SMILES string of the molecule is CC1Oc2ccccc2N(CC(=O)NOCC(=O)O)C1=O. The first-order valence-electron chi connectivity index (χ1n) is 6.18. The van der Waals surface area contributed by atoms with E-state index in [9.17, 15) is 14.4 Å². The molecule has 2 amide bonds. The number of carbonyl (C=O) groups excluding carboxylic acids is 2. The summed E-state index contributed by atoms with van der Waals surface area (Å²) in [5, 5.41) is 8.40. The molecule has 0 fully saturated rings. The predicted molar refractivity (Wildman–Crippen MR) is 70.6 cm³/mol. The molecule has 1 unspecified atom stereocenters. The lowest BCUT2D eigenvalue weighted by Gasteiger charge is -2.32. The number of hydroxylamine groups is 1. The van der Waals surface area contributed by atoms with E-state index < -0.39 is 24.6 Å². The highest BCUT2D eigenvalue weighted by atomic mass is 16.7. The van der Waals surface area contributed by atoms with Gasteiger partial charge in [-0.1, -0.05) is 12.1 Å². The Balaban J connectivity index is 2.06. The molecule has 112 valence electrons. The van der Waals surface area contributed by atoms with Crippen molar-refractivity contribution in [1.29, 1.82) is 0 Å². The fourth-order valence-corrected chi connectivity index (χ4v) is 1.88. The van der Waals surface area contributed by atoms with Crippen LogP contribution in [0.1, 0.15) is 6.92 Å². The Kier molecular flexibility index (Phi) is 4.39. The van der Waals surface area contributed by atoms with Gasteiger partial charge >= 0.3 is 5.97 Å². The molecule has 0 bridgehead atoms. The molecule has 0 spiro atoms. The third-order valence-corrected chi connectivity index (χ3v) is 2.76. The van der Waals surface area contributed by atoms with Crippen LogP contribution in [0.2, 0.25) is 0 Å². The number of anilines is 1. The third kappa shape index (κ3) is 3.48. The van der Waals surface area contributed by atoms with Crippen molar-refractivity contribution in [3.8, 4) is 5.75 Å². The molecule has 1 aromatic carbocycles. The number of aliphatic carboxylic acids is 1. The van der Waals surface area contributed by atoms with Crippen LogP contribution in [0, 0.1) is 0 Å². The molecule has 2 N–H and O–H groups in total. The van der Waals surface area contributed by atoms with Gasteiger partial charge in [0.2, 0.25) is 0 Å². The number of hydrogen-bond donors (Lipinski definition) is 2. The van der Waals surface area contributed by atoms with Gasteiger partial charge in [0.05, 0.1) is 5.69 Å². The number of hydrogen-bond acceptors (Lipinski definition) is 5. The molecule has 8 nitrogen and oxygen atoms in total. The summed E-state index contributed by atoms with van der Waals surface area (Å²) in [5.41, 5.74) is 2.45. The summed E-state index contributed by atoms with van der Waals surface area (Å²) in [6.45, 7) is 0.642. The topological polar surface area (TPSA) is 105 Å². The number of benzene rings is 1. The van der Waals surface area contributed by atoms with Crippen LogP contribution < -0.4 is 15.1 Å². The molecule has 21 heavy (non-hydrogen) atoms. The minimum Gasteiger partial charge on any atom is -0.479 e. The van der Waals surface area contributed by atoms with Gasteiger partial charge in [0.25, 0.3) is 11.8 Å². The molecular weight excluding hydrogens is 280 g/mol. The van der Waals surface area contributed by atoms with Crippen LogP contribution in [0.4, 0.5) is 5.69 Å². The van der Waals surface area contributed by atoms with Crippen molar-refractivity contribution in [2.45, 2.75) is 13.0 Å². The number of nitrogens with one attached hydrogen (secondary N) is 1. The van der Waals surface area contributed by atoms with Crippen molar-refractivity contribution in [3.63, 3.8) is 0 Å². The molecule has 1 aromatic rings. The summed E-state index contributed by atoms with van der Waals surface area (Å²) in [5.74, 6) is -1.70. The van der Waals surface area contributed by atoms with E-state index in [1.54, 1.807) is 31.2 Å². The van der Waals surface area contributed by atoms with Crippen LogP contribution in [-0.2, 0) is 19.2 Å². The smallest absolute Gasteiger partial charge is 0.332 e. The zero-order chi connectivity index (χ0) is 15.4. The van der Waals surface area contributed by atoms with E-state index in [1.807, 2.05) is 5.48 Å². The second-order valence-corrected chi connectivity index (χ2v) is 4.36. The Labute approximate surface area is 120 Å². The maximum Gasteiger partial charge on any atom is 0.332 e. The summed E-state index contributed by atoms with van der Waals surface area (Å²) in [7, 11) is 0. The molecule has 8 heteroatoms. The summed E-state index contributed by atoms with van der Waals surface area (Å²) in [6, 6.07) is 6.83. The maximum absolute atomic E-state index is 12.1. The molecule has 1 atom stereocenters. The zero-order valence-corrected chi connectivity index (χ0v) is 11.2. The van der Waals surface area contributed by atoms with Crippen LogP contribution in [0.3, 0.4) is 0 Å². The quantitative estimate of drug-likeness (QED) is 0.737. The fraction of sp³-hybridized carbons (Fsp3) is 0.308. The monoisotopic (exact) mass is 294 g/mol. The molecular formula is C13H14N2O6. The number of carbonyl (C=O) groups is 3. The number of nitrogens with zero attached hydrogens (tertiary/aromatic N) is 1. The highest BCUT2D eigenvalue weighted by molar-refractivity contribution is 6.03. The lowest BCUT2D eigenvalue weighted by molar-refractivity contribution is -0.149. The van der Waals surface area contributed by atoms with Gasteiger partial charge in [-0.05, 0) is 19.1 Å². The largest absolute Gasteiger partial charge is 0.479 e. The fourth-order valence-electron chi connectivity index (χ4n) is 1.88. The maximum atomic E-state index is 12.1. The Hall–Kier alpha value is -2.61. The summed E-state index contributed by atoms with van der Waals surface area (Å²) >= 11 is 0. The van der Waals surface area contributed by atoms with Crippen molar-refractivity contribution in [2.24, 2.45) is 0 Å². The van der Waals surface area contributed by atoms with E-state index in [2.05, 4.69) is 4.84 Å². The number of amides is 2. The van der Waals surface area contributed by atoms with Crippen molar-refractivity contribution >= 4 is 23.5 Å². The second-order valence-electron chi connectivity index (χ2n) is 4.36. The Morgan fingerprint density at radius 1 is 1.43 bits per heavy atom. The van der Waals surface area contributed by atoms with Crippen LogP contribution in [0.5, 0.6) is 5.75 Å². The van der Waals surface area contributed by atoms with Crippen LogP contribution in [0.15, 0.2) is 24.3 Å². The lowest BCUT2D eigenvalue weighted by atomic mass is 10.2. The predicted octanol–water partition coefficient (Wildman–Crippen LogP) is -0.0671. The first-order valence-corrected chi connectivity index (χ1v) is 6.18. The highest BCUT2D eigenvalue weighted by Gasteiger charge is 2.32. The second kappa shape index (κ2) is 6.23. The molecule has 0 aliphatic carbocycles. The molecule has 1 heterocycles. The minimum absolute atomic E-state index is 0.289. The van der Waals surface area contributed by atoms with Crippen LogP contribution >= 0.6 is 0 Å².